The molecule has 0 bridgehead atoms. The van der Waals surface area contributed by atoms with Gasteiger partial charge < -0.3 is 5.32 Å². The van der Waals surface area contributed by atoms with Gasteiger partial charge in [0.25, 0.3) is 5.91 Å². The van der Waals surface area contributed by atoms with Crippen LogP contribution in [-0.2, 0) is 10.0 Å². The molecule has 21 heavy (non-hydrogen) atoms. The Kier molecular flexibility index (Phi) is 6.30. The molecule has 0 radical (unpaired) electrons. The summed E-state index contributed by atoms with van der Waals surface area (Å²) in [7, 11) is -4.12. The molecule has 0 saturated carbocycles. The van der Waals surface area contributed by atoms with Crippen LogP contribution in [0.2, 0.25) is 0 Å². The quantitative estimate of drug-likeness (QED) is 0.794. The molecule has 0 aliphatic heterocycles. The van der Waals surface area contributed by atoms with Crippen LogP contribution >= 0.6 is 15.9 Å². The zero-order chi connectivity index (χ0) is 16.2. The number of primary sulfonamides is 1. The molecule has 1 aromatic carbocycles. The molecule has 0 heterocycles. The lowest BCUT2D eigenvalue weighted by Gasteiger charge is -2.14. The average molecular weight is 381 g/mol. The second-order valence-electron chi connectivity index (χ2n) is 4.83. The number of amides is 1. The molecule has 3 N–H and O–H groups in total. The predicted octanol–water partition coefficient (Wildman–Crippen LogP) is 2.54. The van der Waals surface area contributed by atoms with Crippen molar-refractivity contribution in [1.29, 1.82) is 0 Å². The zero-order valence-corrected chi connectivity index (χ0v) is 14.2. The minimum atomic E-state index is -4.12. The third-order valence-electron chi connectivity index (χ3n) is 2.93. The summed E-state index contributed by atoms with van der Waals surface area (Å²) in [4.78, 5) is 11.6. The van der Waals surface area contributed by atoms with Crippen LogP contribution in [0.5, 0.6) is 0 Å². The van der Waals surface area contributed by atoms with Crippen molar-refractivity contribution in [1.82, 2.24) is 5.32 Å². The van der Waals surface area contributed by atoms with Gasteiger partial charge in [-0.25, -0.2) is 17.9 Å². The van der Waals surface area contributed by atoms with Crippen LogP contribution in [0.25, 0.3) is 0 Å². The molecule has 0 aromatic heterocycles. The lowest BCUT2D eigenvalue weighted by molar-refractivity contribution is 0.0937. The first-order chi connectivity index (χ1) is 9.66. The Morgan fingerprint density at radius 3 is 2.62 bits per heavy atom. The molecule has 118 valence electrons. The number of hydrogen-bond donors (Lipinski definition) is 2. The smallest absolute Gasteiger partial charge is 0.251 e. The molecule has 0 aliphatic rings. The van der Waals surface area contributed by atoms with Gasteiger partial charge in [0.15, 0.2) is 0 Å². The van der Waals surface area contributed by atoms with E-state index < -0.39 is 26.6 Å². The van der Waals surface area contributed by atoms with Crippen LogP contribution in [0.1, 0.15) is 43.5 Å². The van der Waals surface area contributed by atoms with Gasteiger partial charge >= 0.3 is 0 Å². The maximum atomic E-state index is 13.7. The second kappa shape index (κ2) is 7.33. The molecule has 8 heteroatoms. The Morgan fingerprint density at radius 2 is 2.10 bits per heavy atom. The van der Waals surface area contributed by atoms with E-state index in [-0.39, 0.29) is 16.1 Å². The molecule has 0 saturated heterocycles. The highest BCUT2D eigenvalue weighted by Crippen LogP contribution is 2.25. The van der Waals surface area contributed by atoms with Crippen molar-refractivity contribution in [3.8, 4) is 0 Å². The number of carbonyl (C=O) groups excluding carboxylic acids is 1. The van der Waals surface area contributed by atoms with Crippen molar-refractivity contribution >= 4 is 31.9 Å². The highest BCUT2D eigenvalue weighted by molar-refractivity contribution is 9.10. The number of benzene rings is 1. The monoisotopic (exact) mass is 380 g/mol. The number of halogens is 2. The number of sulfonamides is 1. The Labute approximate surface area is 132 Å². The Balaban J connectivity index is 3.04. The van der Waals surface area contributed by atoms with E-state index in [0.29, 0.717) is 0 Å². The summed E-state index contributed by atoms with van der Waals surface area (Å²) in [6.07, 6.45) is 2.75. The van der Waals surface area contributed by atoms with Crippen molar-refractivity contribution in [2.45, 2.75) is 44.0 Å². The molecular weight excluding hydrogens is 363 g/mol. The fraction of sp³-hybridized carbons (Fsp3) is 0.462. The predicted molar refractivity (Wildman–Crippen MR) is 81.9 cm³/mol. The SMILES string of the molecule is CCCCC(C)NC(=O)c1cc(F)c(Br)c(S(N)(=O)=O)c1. The van der Waals surface area contributed by atoms with Gasteiger partial charge in [-0.2, -0.15) is 0 Å². The molecular formula is C13H18BrFN2O3S. The summed E-state index contributed by atoms with van der Waals surface area (Å²) in [6.45, 7) is 3.88. The third kappa shape index (κ3) is 5.05. The topological polar surface area (TPSA) is 89.3 Å². The molecule has 0 spiro atoms. The van der Waals surface area contributed by atoms with Crippen molar-refractivity contribution < 1.29 is 17.6 Å². The van der Waals surface area contributed by atoms with Crippen molar-refractivity contribution in [2.24, 2.45) is 5.14 Å². The van der Waals surface area contributed by atoms with Gasteiger partial charge in [-0.1, -0.05) is 19.8 Å². The van der Waals surface area contributed by atoms with Gasteiger partial charge in [-0.3, -0.25) is 4.79 Å². The number of nitrogens with two attached hydrogens (primary N) is 1. The molecule has 0 fully saturated rings. The minimum Gasteiger partial charge on any atom is -0.350 e. The molecule has 1 rings (SSSR count). The van der Waals surface area contributed by atoms with Gasteiger partial charge in [-0.15, -0.1) is 0 Å². The second-order valence-corrected chi connectivity index (χ2v) is 7.15. The number of carbonyl (C=O) groups is 1. The van der Waals surface area contributed by atoms with E-state index in [9.17, 15) is 17.6 Å². The van der Waals surface area contributed by atoms with Gasteiger partial charge in [0.2, 0.25) is 10.0 Å². The van der Waals surface area contributed by atoms with E-state index in [2.05, 4.69) is 21.2 Å². The number of rotatable bonds is 6. The highest BCUT2D eigenvalue weighted by Gasteiger charge is 2.20. The van der Waals surface area contributed by atoms with Crippen LogP contribution in [0.3, 0.4) is 0 Å². The van der Waals surface area contributed by atoms with Crippen molar-refractivity contribution in [2.75, 3.05) is 0 Å². The Bertz CT molecular complexity index is 635. The number of hydrogen-bond acceptors (Lipinski definition) is 3. The molecule has 1 atom stereocenters. The minimum absolute atomic E-state index is 0.0805. The van der Waals surface area contributed by atoms with Crippen LogP contribution in [0.15, 0.2) is 21.5 Å². The van der Waals surface area contributed by atoms with Gasteiger partial charge in [0.1, 0.15) is 5.82 Å². The molecule has 0 aliphatic carbocycles. The zero-order valence-electron chi connectivity index (χ0n) is 11.8. The van der Waals surface area contributed by atoms with E-state index in [0.717, 1.165) is 31.4 Å². The summed E-state index contributed by atoms with van der Waals surface area (Å²) >= 11 is 2.82. The fourth-order valence-electron chi connectivity index (χ4n) is 1.79. The van der Waals surface area contributed by atoms with Crippen LogP contribution < -0.4 is 10.5 Å². The Morgan fingerprint density at radius 1 is 1.48 bits per heavy atom. The first-order valence-electron chi connectivity index (χ1n) is 6.49. The van der Waals surface area contributed by atoms with E-state index >= 15 is 0 Å². The summed E-state index contributed by atoms with van der Waals surface area (Å²) in [5.41, 5.74) is -0.0805. The maximum absolute atomic E-state index is 13.7. The van der Waals surface area contributed by atoms with Crippen LogP contribution in [0.4, 0.5) is 4.39 Å². The number of nitrogens with one attached hydrogen (secondary N) is 1. The van der Waals surface area contributed by atoms with Crippen LogP contribution in [0, 0.1) is 5.82 Å². The summed E-state index contributed by atoms with van der Waals surface area (Å²) in [6, 6.07) is 1.95. The maximum Gasteiger partial charge on any atom is 0.251 e. The fourth-order valence-corrected chi connectivity index (χ4v) is 3.34. The Hall–Kier alpha value is -0.990. The normalized spacial score (nSPS) is 13.0. The number of unbranched alkanes of at least 4 members (excludes halogenated alkanes) is 1. The van der Waals surface area contributed by atoms with Crippen molar-refractivity contribution in [3.05, 3.63) is 28.0 Å². The van der Waals surface area contributed by atoms with E-state index in [1.807, 2.05) is 13.8 Å². The largest absolute Gasteiger partial charge is 0.350 e. The molecule has 1 amide bonds. The van der Waals surface area contributed by atoms with Gasteiger partial charge in [0, 0.05) is 11.6 Å². The van der Waals surface area contributed by atoms with E-state index in [4.69, 9.17) is 5.14 Å². The van der Waals surface area contributed by atoms with E-state index in [1.165, 1.54) is 0 Å². The summed E-state index contributed by atoms with van der Waals surface area (Å²) < 4.78 is 36.2. The van der Waals surface area contributed by atoms with Gasteiger partial charge in [-0.05, 0) is 41.4 Å². The van der Waals surface area contributed by atoms with Crippen LogP contribution in [-0.4, -0.2) is 20.4 Å². The first kappa shape index (κ1) is 18.1. The lowest BCUT2D eigenvalue weighted by atomic mass is 10.1. The average Bonchev–Trinajstić information content (AvgIpc) is 2.37. The van der Waals surface area contributed by atoms with E-state index in [1.54, 1.807) is 0 Å². The summed E-state index contributed by atoms with van der Waals surface area (Å²) in [5, 5.41) is 7.71. The molecule has 1 aromatic rings. The lowest BCUT2D eigenvalue weighted by Crippen LogP contribution is -2.32. The standard InChI is InChI=1S/C13H18BrFN2O3S/c1-3-4-5-8(2)17-13(18)9-6-10(15)12(14)11(7-9)21(16,19)20/h6-8H,3-5H2,1-2H3,(H,17,18)(H2,16,19,20). The summed E-state index contributed by atoms with van der Waals surface area (Å²) in [5.74, 6) is -1.39. The third-order valence-corrected chi connectivity index (χ3v) is 4.94. The highest BCUT2D eigenvalue weighted by atomic mass is 79.9. The molecule has 5 nitrogen and oxygen atoms in total. The van der Waals surface area contributed by atoms with Gasteiger partial charge in [0.05, 0.1) is 9.37 Å². The molecule has 1 unspecified atom stereocenters. The van der Waals surface area contributed by atoms with Crippen molar-refractivity contribution in [3.63, 3.8) is 0 Å². The first-order valence-corrected chi connectivity index (χ1v) is 8.83.